The highest BCUT2D eigenvalue weighted by atomic mass is 35.5. The van der Waals surface area contributed by atoms with Crippen LogP contribution in [0.1, 0.15) is 12.5 Å². The lowest BCUT2D eigenvalue weighted by Crippen LogP contribution is -2.25. The van der Waals surface area contributed by atoms with Gasteiger partial charge >= 0.3 is 0 Å². The van der Waals surface area contributed by atoms with E-state index in [4.69, 9.17) is 21.1 Å². The molecule has 0 aliphatic carbocycles. The normalized spacial score (nSPS) is 11.0. The van der Waals surface area contributed by atoms with Crippen LogP contribution in [0.2, 0.25) is 5.02 Å². The summed E-state index contributed by atoms with van der Waals surface area (Å²) in [5, 5.41) is 4.65. The molecule has 6 heteroatoms. The highest BCUT2D eigenvalue weighted by Crippen LogP contribution is 2.16. The zero-order chi connectivity index (χ0) is 16.7. The lowest BCUT2D eigenvalue weighted by Gasteiger charge is -2.07. The van der Waals surface area contributed by atoms with Crippen molar-refractivity contribution in [3.63, 3.8) is 0 Å². The van der Waals surface area contributed by atoms with Crippen LogP contribution in [0.4, 0.5) is 0 Å². The van der Waals surface area contributed by atoms with Crippen LogP contribution < -0.4 is 14.9 Å². The average Bonchev–Trinajstić information content (AvgIpc) is 2.58. The zero-order valence-corrected chi connectivity index (χ0v) is 13.6. The first kappa shape index (κ1) is 16.8. The summed E-state index contributed by atoms with van der Waals surface area (Å²) in [6.45, 7) is 1.66. The number of nitrogens with zero attached hydrogens (tertiary/aromatic N) is 1. The van der Waals surface area contributed by atoms with Crippen LogP contribution in [0, 0.1) is 0 Å². The summed E-state index contributed by atoms with van der Waals surface area (Å²) < 4.78 is 10.4. The topological polar surface area (TPSA) is 59.9 Å². The maximum absolute atomic E-state index is 11.7. The van der Waals surface area contributed by atoms with Crippen molar-refractivity contribution < 1.29 is 14.3 Å². The molecule has 0 bridgehead atoms. The van der Waals surface area contributed by atoms with Crippen molar-refractivity contribution in [2.24, 2.45) is 5.10 Å². The summed E-state index contributed by atoms with van der Waals surface area (Å²) in [5.74, 6) is 0.960. The fourth-order valence-electron chi connectivity index (χ4n) is 1.78. The largest absolute Gasteiger partial charge is 0.497 e. The first-order valence-electron chi connectivity index (χ1n) is 6.94. The van der Waals surface area contributed by atoms with Crippen molar-refractivity contribution in [2.75, 3.05) is 13.7 Å². The zero-order valence-electron chi connectivity index (χ0n) is 12.9. The Kier molecular flexibility index (Phi) is 6.00. The molecule has 5 nitrogen and oxygen atoms in total. The van der Waals surface area contributed by atoms with Gasteiger partial charge < -0.3 is 9.47 Å². The van der Waals surface area contributed by atoms with Crippen molar-refractivity contribution in [1.82, 2.24) is 5.43 Å². The van der Waals surface area contributed by atoms with Gasteiger partial charge in [0.05, 0.1) is 12.8 Å². The summed E-state index contributed by atoms with van der Waals surface area (Å²) in [4.78, 5) is 11.7. The Morgan fingerprint density at radius 2 is 1.87 bits per heavy atom. The Balaban J connectivity index is 1.85. The Labute approximate surface area is 139 Å². The highest BCUT2D eigenvalue weighted by molar-refractivity contribution is 6.31. The number of rotatable bonds is 6. The van der Waals surface area contributed by atoms with E-state index < -0.39 is 0 Å². The summed E-state index contributed by atoms with van der Waals surface area (Å²) in [7, 11) is 1.59. The fourth-order valence-corrected chi connectivity index (χ4v) is 1.97. The second kappa shape index (κ2) is 8.19. The van der Waals surface area contributed by atoms with E-state index in [0.29, 0.717) is 16.5 Å². The number of methoxy groups -OCH3 is 1. The molecule has 0 aromatic heterocycles. The van der Waals surface area contributed by atoms with E-state index in [1.807, 2.05) is 12.1 Å². The van der Waals surface area contributed by atoms with Gasteiger partial charge in [0, 0.05) is 5.02 Å². The van der Waals surface area contributed by atoms with Crippen LogP contribution in [0.5, 0.6) is 11.5 Å². The van der Waals surface area contributed by atoms with E-state index in [1.165, 1.54) is 0 Å². The van der Waals surface area contributed by atoms with Crippen LogP contribution in [0.3, 0.4) is 0 Å². The predicted octanol–water partition coefficient (Wildman–Crippen LogP) is 3.27. The Morgan fingerprint density at radius 3 is 2.52 bits per heavy atom. The van der Waals surface area contributed by atoms with Crippen LogP contribution in [-0.2, 0) is 4.79 Å². The number of carbonyl (C=O) groups excluding carboxylic acids is 1. The molecular formula is C17H17ClN2O3. The van der Waals surface area contributed by atoms with Gasteiger partial charge in [-0.25, -0.2) is 5.43 Å². The molecule has 2 rings (SSSR count). The molecule has 0 radical (unpaired) electrons. The number of ether oxygens (including phenoxy) is 2. The molecule has 0 spiro atoms. The summed E-state index contributed by atoms with van der Waals surface area (Å²) >= 11 is 5.92. The monoisotopic (exact) mass is 332 g/mol. The van der Waals surface area contributed by atoms with Gasteiger partial charge in [-0.1, -0.05) is 23.7 Å². The Morgan fingerprint density at radius 1 is 1.17 bits per heavy atom. The third-order valence-corrected chi connectivity index (χ3v) is 3.26. The molecular weight excluding hydrogens is 316 g/mol. The molecule has 0 heterocycles. The van der Waals surface area contributed by atoms with Crippen LogP contribution >= 0.6 is 11.6 Å². The Bertz CT molecular complexity index is 699. The minimum Gasteiger partial charge on any atom is -0.497 e. The molecule has 2 aromatic carbocycles. The van der Waals surface area contributed by atoms with Crippen molar-refractivity contribution in [3.8, 4) is 11.5 Å². The predicted molar refractivity (Wildman–Crippen MR) is 90.3 cm³/mol. The average molecular weight is 333 g/mol. The van der Waals surface area contributed by atoms with Gasteiger partial charge in [0.1, 0.15) is 11.5 Å². The number of amides is 1. The van der Waals surface area contributed by atoms with E-state index in [1.54, 1.807) is 50.4 Å². The molecule has 0 atom stereocenters. The van der Waals surface area contributed by atoms with E-state index in [2.05, 4.69) is 10.5 Å². The maximum Gasteiger partial charge on any atom is 0.277 e. The van der Waals surface area contributed by atoms with Gasteiger partial charge in [-0.05, 0) is 48.9 Å². The quantitative estimate of drug-likeness (QED) is 0.652. The van der Waals surface area contributed by atoms with Crippen LogP contribution in [0.15, 0.2) is 53.6 Å². The summed E-state index contributed by atoms with van der Waals surface area (Å²) in [6.07, 6.45) is 0. The molecule has 23 heavy (non-hydrogen) atoms. The summed E-state index contributed by atoms with van der Waals surface area (Å²) in [6, 6.07) is 14.2. The lowest BCUT2D eigenvalue weighted by atomic mass is 10.1. The van der Waals surface area contributed by atoms with Crippen LogP contribution in [-0.4, -0.2) is 25.3 Å². The third-order valence-electron chi connectivity index (χ3n) is 3.02. The number of carbonyl (C=O) groups is 1. The fraction of sp³-hybridized carbons (Fsp3) is 0.176. The summed E-state index contributed by atoms with van der Waals surface area (Å²) in [5.41, 5.74) is 3.95. The van der Waals surface area contributed by atoms with Gasteiger partial charge in [-0.2, -0.15) is 5.10 Å². The first-order chi connectivity index (χ1) is 11.1. The van der Waals surface area contributed by atoms with E-state index >= 15 is 0 Å². The molecule has 0 saturated carbocycles. The van der Waals surface area contributed by atoms with E-state index in [-0.39, 0.29) is 12.5 Å². The first-order valence-corrected chi connectivity index (χ1v) is 7.32. The lowest BCUT2D eigenvalue weighted by molar-refractivity contribution is -0.123. The minimum atomic E-state index is -0.345. The van der Waals surface area contributed by atoms with Gasteiger partial charge in [-0.15, -0.1) is 0 Å². The third kappa shape index (κ3) is 5.30. The highest BCUT2D eigenvalue weighted by Gasteiger charge is 2.03. The second-order valence-electron chi connectivity index (χ2n) is 4.71. The molecule has 0 fully saturated rings. The molecule has 0 unspecified atom stereocenters. The molecule has 0 aliphatic heterocycles. The van der Waals surface area contributed by atoms with Crippen molar-refractivity contribution in [1.29, 1.82) is 0 Å². The smallest absolute Gasteiger partial charge is 0.277 e. The van der Waals surface area contributed by atoms with Crippen molar-refractivity contribution >= 4 is 23.2 Å². The molecule has 2 aromatic rings. The maximum atomic E-state index is 11.7. The molecule has 120 valence electrons. The SMILES string of the molecule is COc1ccc(OCC(=O)N/N=C(/C)c2cccc(Cl)c2)cc1. The standard InChI is InChI=1S/C17H17ClN2O3/c1-12(13-4-3-5-14(18)10-13)19-20-17(21)11-23-16-8-6-15(22-2)7-9-16/h3-10H,11H2,1-2H3,(H,20,21)/b19-12-. The number of hydrazone groups is 1. The van der Waals surface area contributed by atoms with Crippen molar-refractivity contribution in [3.05, 3.63) is 59.1 Å². The van der Waals surface area contributed by atoms with E-state index in [0.717, 1.165) is 11.3 Å². The minimum absolute atomic E-state index is 0.126. The van der Waals surface area contributed by atoms with Gasteiger partial charge in [-0.3, -0.25) is 4.79 Å². The van der Waals surface area contributed by atoms with E-state index in [9.17, 15) is 4.79 Å². The second-order valence-corrected chi connectivity index (χ2v) is 5.14. The molecule has 1 N–H and O–H groups in total. The molecule has 0 saturated heterocycles. The number of nitrogens with one attached hydrogen (secondary N) is 1. The Hall–Kier alpha value is -2.53. The van der Waals surface area contributed by atoms with Gasteiger partial charge in [0.2, 0.25) is 0 Å². The van der Waals surface area contributed by atoms with Crippen LogP contribution in [0.25, 0.3) is 0 Å². The number of halogens is 1. The molecule has 0 aliphatic rings. The van der Waals surface area contributed by atoms with Gasteiger partial charge in [0.15, 0.2) is 6.61 Å². The molecule has 1 amide bonds. The number of hydrogen-bond donors (Lipinski definition) is 1. The number of benzene rings is 2. The van der Waals surface area contributed by atoms with Gasteiger partial charge in [0.25, 0.3) is 5.91 Å². The van der Waals surface area contributed by atoms with Crippen molar-refractivity contribution in [2.45, 2.75) is 6.92 Å². The number of hydrogen-bond acceptors (Lipinski definition) is 4.